The number of carbonyl (C=O) groups is 1. The number of methoxy groups -OCH3 is 1. The van der Waals surface area contributed by atoms with Gasteiger partial charge in [-0.1, -0.05) is 34.9 Å². The van der Waals surface area contributed by atoms with E-state index in [0.717, 1.165) is 8.68 Å². The number of hydrogen-bond donors (Lipinski definition) is 0. The van der Waals surface area contributed by atoms with Crippen LogP contribution in [0.15, 0.2) is 8.68 Å². The second-order valence-electron chi connectivity index (χ2n) is 2.32. The zero-order valence-corrected chi connectivity index (χ0v) is 10.5. The van der Waals surface area contributed by atoms with Crippen molar-refractivity contribution in [2.24, 2.45) is 0 Å². The Hall–Kier alpha value is -0.270. The molecule has 7 heteroatoms. The molecular formula is C7H10N2O2S3. The van der Waals surface area contributed by atoms with Crippen LogP contribution >= 0.6 is 34.9 Å². The van der Waals surface area contributed by atoms with Gasteiger partial charge in [0.1, 0.15) is 5.25 Å². The van der Waals surface area contributed by atoms with Crippen LogP contribution < -0.4 is 0 Å². The quantitative estimate of drug-likeness (QED) is 0.601. The highest BCUT2D eigenvalue weighted by atomic mass is 32.2. The summed E-state index contributed by atoms with van der Waals surface area (Å²) >= 11 is 4.40. The molecule has 0 fully saturated rings. The van der Waals surface area contributed by atoms with Crippen molar-refractivity contribution in [1.29, 1.82) is 0 Å². The number of rotatable bonds is 4. The molecule has 1 rings (SSSR count). The van der Waals surface area contributed by atoms with Gasteiger partial charge in [-0.25, -0.2) is 0 Å². The number of thioether (sulfide) groups is 2. The first-order valence-corrected chi connectivity index (χ1v) is 6.71. The first kappa shape index (κ1) is 11.8. The van der Waals surface area contributed by atoms with E-state index in [4.69, 9.17) is 0 Å². The fourth-order valence-electron chi connectivity index (χ4n) is 0.693. The maximum absolute atomic E-state index is 11.1. The van der Waals surface area contributed by atoms with E-state index in [1.54, 1.807) is 18.7 Å². The topological polar surface area (TPSA) is 52.1 Å². The number of ether oxygens (including phenoxy) is 1. The predicted molar refractivity (Wildman–Crippen MR) is 59.0 cm³/mol. The number of aromatic nitrogens is 2. The molecule has 0 saturated carbocycles. The second kappa shape index (κ2) is 5.57. The van der Waals surface area contributed by atoms with Crippen molar-refractivity contribution >= 4 is 40.8 Å². The van der Waals surface area contributed by atoms with Crippen LogP contribution in [0.3, 0.4) is 0 Å². The van der Waals surface area contributed by atoms with Gasteiger partial charge in [-0.3, -0.25) is 4.79 Å². The summed E-state index contributed by atoms with van der Waals surface area (Å²) in [4.78, 5) is 11.1. The average molecular weight is 250 g/mol. The van der Waals surface area contributed by atoms with Crippen LogP contribution in [0.4, 0.5) is 0 Å². The van der Waals surface area contributed by atoms with Gasteiger partial charge in [0.25, 0.3) is 0 Å². The zero-order valence-electron chi connectivity index (χ0n) is 8.01. The van der Waals surface area contributed by atoms with Crippen molar-refractivity contribution in [2.45, 2.75) is 20.9 Å². The average Bonchev–Trinajstić information content (AvgIpc) is 2.64. The summed E-state index contributed by atoms with van der Waals surface area (Å²) in [5.41, 5.74) is 0. The highest BCUT2D eigenvalue weighted by Crippen LogP contribution is 2.30. The minimum Gasteiger partial charge on any atom is -0.468 e. The zero-order chi connectivity index (χ0) is 10.6. The molecule has 0 amide bonds. The molecule has 4 nitrogen and oxygen atoms in total. The molecule has 0 N–H and O–H groups in total. The minimum absolute atomic E-state index is 0.234. The molecule has 1 aromatic rings. The van der Waals surface area contributed by atoms with Crippen LogP contribution in [0, 0.1) is 0 Å². The summed E-state index contributed by atoms with van der Waals surface area (Å²) in [7, 11) is 1.38. The summed E-state index contributed by atoms with van der Waals surface area (Å²) in [5.74, 6) is -0.240. The molecule has 0 aliphatic carbocycles. The maximum Gasteiger partial charge on any atom is 0.318 e. The molecule has 1 atom stereocenters. The number of esters is 1. The van der Waals surface area contributed by atoms with Gasteiger partial charge < -0.3 is 4.74 Å². The van der Waals surface area contributed by atoms with Crippen LogP contribution in [0.25, 0.3) is 0 Å². The monoisotopic (exact) mass is 250 g/mol. The van der Waals surface area contributed by atoms with E-state index in [1.165, 1.54) is 30.2 Å². The van der Waals surface area contributed by atoms with Crippen molar-refractivity contribution < 1.29 is 9.53 Å². The third-order valence-corrected chi connectivity index (χ3v) is 4.43. The fourth-order valence-corrected chi connectivity index (χ4v) is 3.30. The Morgan fingerprint density at radius 1 is 1.50 bits per heavy atom. The van der Waals surface area contributed by atoms with Crippen LogP contribution in [0.1, 0.15) is 6.92 Å². The van der Waals surface area contributed by atoms with E-state index in [0.29, 0.717) is 0 Å². The van der Waals surface area contributed by atoms with E-state index in [-0.39, 0.29) is 11.2 Å². The Bertz CT molecular complexity index is 316. The molecule has 78 valence electrons. The summed E-state index contributed by atoms with van der Waals surface area (Å²) in [6.45, 7) is 1.79. The van der Waals surface area contributed by atoms with Gasteiger partial charge in [-0.15, -0.1) is 10.2 Å². The Kier molecular flexibility index (Phi) is 4.70. The fraction of sp³-hybridized carbons (Fsp3) is 0.571. The van der Waals surface area contributed by atoms with Crippen LogP contribution in [-0.2, 0) is 9.53 Å². The summed E-state index contributed by atoms with van der Waals surface area (Å²) in [6.07, 6.45) is 1.94. The first-order valence-electron chi connectivity index (χ1n) is 3.79. The summed E-state index contributed by atoms with van der Waals surface area (Å²) in [5, 5.41) is 7.64. The van der Waals surface area contributed by atoms with Gasteiger partial charge in [-0.05, 0) is 13.2 Å². The molecular weight excluding hydrogens is 240 g/mol. The van der Waals surface area contributed by atoms with E-state index in [1.807, 2.05) is 6.26 Å². The molecule has 1 heterocycles. The Morgan fingerprint density at radius 3 is 2.64 bits per heavy atom. The molecule has 0 spiro atoms. The van der Waals surface area contributed by atoms with Crippen LogP contribution in [-0.4, -0.2) is 34.8 Å². The van der Waals surface area contributed by atoms with Gasteiger partial charge in [0, 0.05) is 0 Å². The lowest BCUT2D eigenvalue weighted by Crippen LogP contribution is -2.14. The van der Waals surface area contributed by atoms with Crippen molar-refractivity contribution in [3.8, 4) is 0 Å². The van der Waals surface area contributed by atoms with Gasteiger partial charge in [0.15, 0.2) is 8.68 Å². The van der Waals surface area contributed by atoms with Crippen molar-refractivity contribution in [3.05, 3.63) is 0 Å². The van der Waals surface area contributed by atoms with Crippen LogP contribution in [0.2, 0.25) is 0 Å². The Morgan fingerprint density at radius 2 is 2.14 bits per heavy atom. The van der Waals surface area contributed by atoms with Crippen molar-refractivity contribution in [2.75, 3.05) is 13.4 Å². The number of hydrogen-bond acceptors (Lipinski definition) is 7. The molecule has 0 unspecified atom stereocenters. The summed E-state index contributed by atoms with van der Waals surface area (Å²) in [6, 6.07) is 0. The second-order valence-corrected chi connectivity index (χ2v) is 5.94. The molecule has 0 aromatic carbocycles. The summed E-state index contributed by atoms with van der Waals surface area (Å²) < 4.78 is 6.31. The van der Waals surface area contributed by atoms with Gasteiger partial charge >= 0.3 is 5.97 Å². The lowest BCUT2D eigenvalue weighted by atomic mass is 10.5. The van der Waals surface area contributed by atoms with Gasteiger partial charge in [0.2, 0.25) is 0 Å². The SMILES string of the molecule is COC(=O)[C@@H](C)Sc1nnc(SC)s1. The smallest absolute Gasteiger partial charge is 0.318 e. The number of carbonyl (C=O) groups excluding carboxylic acids is 1. The van der Waals surface area contributed by atoms with Crippen molar-refractivity contribution in [3.63, 3.8) is 0 Å². The Balaban J connectivity index is 2.55. The molecule has 0 bridgehead atoms. The van der Waals surface area contributed by atoms with Crippen LogP contribution in [0.5, 0.6) is 0 Å². The highest BCUT2D eigenvalue weighted by Gasteiger charge is 2.17. The Labute approximate surface area is 94.8 Å². The van der Waals surface area contributed by atoms with E-state index >= 15 is 0 Å². The lowest BCUT2D eigenvalue weighted by molar-refractivity contribution is -0.139. The number of nitrogens with zero attached hydrogens (tertiary/aromatic N) is 2. The third kappa shape index (κ3) is 3.14. The van der Waals surface area contributed by atoms with E-state index < -0.39 is 0 Å². The minimum atomic E-state index is -0.240. The first-order chi connectivity index (χ1) is 6.67. The largest absolute Gasteiger partial charge is 0.468 e. The van der Waals surface area contributed by atoms with Gasteiger partial charge in [0.05, 0.1) is 7.11 Å². The molecule has 14 heavy (non-hydrogen) atoms. The third-order valence-electron chi connectivity index (χ3n) is 1.37. The molecule has 0 saturated heterocycles. The normalized spacial score (nSPS) is 12.5. The molecule has 0 radical (unpaired) electrons. The van der Waals surface area contributed by atoms with E-state index in [9.17, 15) is 4.79 Å². The van der Waals surface area contributed by atoms with Gasteiger partial charge in [-0.2, -0.15) is 0 Å². The van der Waals surface area contributed by atoms with Crippen molar-refractivity contribution in [1.82, 2.24) is 10.2 Å². The molecule has 1 aromatic heterocycles. The molecule has 0 aliphatic rings. The lowest BCUT2D eigenvalue weighted by Gasteiger charge is -2.04. The maximum atomic E-state index is 11.1. The predicted octanol–water partition coefficient (Wildman–Crippen LogP) is 1.91. The standard InChI is InChI=1S/C7H10N2O2S3/c1-4(5(10)11-2)13-7-9-8-6(12-3)14-7/h4H,1-3H3/t4-/m1/s1. The molecule has 0 aliphatic heterocycles. The van der Waals surface area contributed by atoms with E-state index in [2.05, 4.69) is 14.9 Å². The highest BCUT2D eigenvalue weighted by molar-refractivity contribution is 8.03.